The zero-order valence-corrected chi connectivity index (χ0v) is 13.9. The lowest BCUT2D eigenvalue weighted by Crippen LogP contribution is -2.12. The number of fused-ring (bicyclic) bond motifs is 1. The summed E-state index contributed by atoms with van der Waals surface area (Å²) in [6.07, 6.45) is 3.06. The van der Waals surface area contributed by atoms with E-state index in [1.54, 1.807) is 16.0 Å². The van der Waals surface area contributed by atoms with Gasteiger partial charge in [-0.05, 0) is 52.7 Å². The molecule has 3 aromatic rings. The van der Waals surface area contributed by atoms with E-state index < -0.39 is 0 Å². The number of benzene rings is 1. The van der Waals surface area contributed by atoms with Crippen LogP contribution in [0.5, 0.6) is 0 Å². The summed E-state index contributed by atoms with van der Waals surface area (Å²) in [6, 6.07) is 9.87. The topological polar surface area (TPSA) is 46.9 Å². The molecule has 0 saturated carbocycles. The van der Waals surface area contributed by atoms with E-state index in [1.165, 1.54) is 4.88 Å². The molecule has 2 aromatic heterocycles. The fourth-order valence-electron chi connectivity index (χ4n) is 2.17. The number of hydrogen-bond donors (Lipinski definition) is 1. The quantitative estimate of drug-likeness (QED) is 0.762. The highest BCUT2D eigenvalue weighted by molar-refractivity contribution is 9.11. The van der Waals surface area contributed by atoms with E-state index in [-0.39, 0.29) is 5.91 Å². The first-order valence-electron chi connectivity index (χ1n) is 6.57. The number of amides is 1. The summed E-state index contributed by atoms with van der Waals surface area (Å²) in [5, 5.41) is 8.20. The molecule has 4 nitrogen and oxygen atoms in total. The molecule has 0 unspecified atom stereocenters. The van der Waals surface area contributed by atoms with Gasteiger partial charge in [0.1, 0.15) is 0 Å². The number of carbonyl (C=O) groups is 1. The number of nitrogens with zero attached hydrogens (tertiary/aromatic N) is 2. The van der Waals surface area contributed by atoms with Gasteiger partial charge in [-0.15, -0.1) is 11.3 Å². The van der Waals surface area contributed by atoms with Gasteiger partial charge in [0.25, 0.3) is 0 Å². The zero-order valence-electron chi connectivity index (χ0n) is 11.5. The maximum absolute atomic E-state index is 12.0. The molecule has 1 N–H and O–H groups in total. The van der Waals surface area contributed by atoms with Gasteiger partial charge in [0.15, 0.2) is 0 Å². The Balaban J connectivity index is 1.64. The number of halogens is 1. The Bertz CT molecular complexity index is 793. The molecule has 21 heavy (non-hydrogen) atoms. The van der Waals surface area contributed by atoms with Crippen LogP contribution in [0.15, 0.2) is 40.3 Å². The zero-order chi connectivity index (χ0) is 14.8. The van der Waals surface area contributed by atoms with Gasteiger partial charge >= 0.3 is 0 Å². The number of aromatic nitrogens is 2. The van der Waals surface area contributed by atoms with Gasteiger partial charge in [-0.3, -0.25) is 9.48 Å². The number of aryl methyl sites for hydroxylation is 2. The standard InChI is InChI=1S/C15H14BrN3OS/c1-19-13-8-11(3-2-10(13)9-17-19)18-15(20)7-5-12-4-6-14(16)21-12/h2-4,6,8-9H,5,7H2,1H3,(H,18,20). The molecule has 1 amide bonds. The molecule has 0 aliphatic heterocycles. The Morgan fingerprint density at radius 2 is 2.24 bits per heavy atom. The first kappa shape index (κ1) is 14.3. The highest BCUT2D eigenvalue weighted by Crippen LogP contribution is 2.23. The summed E-state index contributed by atoms with van der Waals surface area (Å²) in [6.45, 7) is 0. The second-order valence-corrected chi connectivity index (χ2v) is 7.34. The second-order valence-electron chi connectivity index (χ2n) is 4.80. The molecule has 0 saturated heterocycles. The maximum Gasteiger partial charge on any atom is 0.224 e. The highest BCUT2D eigenvalue weighted by Gasteiger charge is 2.06. The molecule has 6 heteroatoms. The Labute approximate surface area is 134 Å². The highest BCUT2D eigenvalue weighted by atomic mass is 79.9. The van der Waals surface area contributed by atoms with Gasteiger partial charge in [0.2, 0.25) is 5.91 Å². The Hall–Kier alpha value is -1.66. The average molecular weight is 364 g/mol. The lowest BCUT2D eigenvalue weighted by Gasteiger charge is -2.05. The molecule has 0 atom stereocenters. The van der Waals surface area contributed by atoms with Crippen molar-refractivity contribution in [3.8, 4) is 0 Å². The average Bonchev–Trinajstić information content (AvgIpc) is 3.04. The number of hydrogen-bond acceptors (Lipinski definition) is 3. The van der Waals surface area contributed by atoms with E-state index in [0.717, 1.165) is 26.8 Å². The van der Waals surface area contributed by atoms with Crippen LogP contribution >= 0.6 is 27.3 Å². The monoisotopic (exact) mass is 363 g/mol. The van der Waals surface area contributed by atoms with Crippen LogP contribution in [0.1, 0.15) is 11.3 Å². The fourth-order valence-corrected chi connectivity index (χ4v) is 3.65. The summed E-state index contributed by atoms with van der Waals surface area (Å²) in [4.78, 5) is 13.2. The SMILES string of the molecule is Cn1ncc2ccc(NC(=O)CCc3ccc(Br)s3)cc21. The second kappa shape index (κ2) is 5.99. The summed E-state index contributed by atoms with van der Waals surface area (Å²) >= 11 is 5.09. The van der Waals surface area contributed by atoms with Crippen LogP contribution in [0.2, 0.25) is 0 Å². The molecule has 0 spiro atoms. The molecule has 0 aliphatic carbocycles. The molecule has 3 rings (SSSR count). The van der Waals surface area contributed by atoms with E-state index in [1.807, 2.05) is 43.6 Å². The first-order valence-corrected chi connectivity index (χ1v) is 8.18. The number of carbonyl (C=O) groups excluding carboxylic acids is 1. The smallest absolute Gasteiger partial charge is 0.224 e. The first-order chi connectivity index (χ1) is 10.1. The van der Waals surface area contributed by atoms with Gasteiger partial charge in [0, 0.05) is 29.4 Å². The summed E-state index contributed by atoms with van der Waals surface area (Å²) < 4.78 is 2.90. The lowest BCUT2D eigenvalue weighted by atomic mass is 10.2. The van der Waals surface area contributed by atoms with E-state index in [4.69, 9.17) is 0 Å². The molecule has 0 fully saturated rings. The van der Waals surface area contributed by atoms with Crippen LogP contribution in [0.25, 0.3) is 10.9 Å². The third-order valence-electron chi connectivity index (χ3n) is 3.26. The van der Waals surface area contributed by atoms with Gasteiger partial charge in [-0.25, -0.2) is 0 Å². The Morgan fingerprint density at radius 3 is 3.00 bits per heavy atom. The van der Waals surface area contributed by atoms with Crippen LogP contribution < -0.4 is 5.32 Å². The van der Waals surface area contributed by atoms with Gasteiger partial charge in [-0.2, -0.15) is 5.10 Å². The lowest BCUT2D eigenvalue weighted by molar-refractivity contribution is -0.116. The van der Waals surface area contributed by atoms with E-state index in [9.17, 15) is 4.79 Å². The predicted molar refractivity (Wildman–Crippen MR) is 89.7 cm³/mol. The number of anilines is 1. The van der Waals surface area contributed by atoms with Crippen molar-refractivity contribution in [2.24, 2.45) is 7.05 Å². The van der Waals surface area contributed by atoms with Crippen molar-refractivity contribution in [3.63, 3.8) is 0 Å². The van der Waals surface area contributed by atoms with Crippen molar-refractivity contribution < 1.29 is 4.79 Å². The molecule has 0 bridgehead atoms. The predicted octanol–water partition coefficient (Wildman–Crippen LogP) is 3.97. The summed E-state index contributed by atoms with van der Waals surface area (Å²) in [5.74, 6) is 0.0287. The van der Waals surface area contributed by atoms with Crippen molar-refractivity contribution in [1.82, 2.24) is 9.78 Å². The van der Waals surface area contributed by atoms with E-state index >= 15 is 0 Å². The summed E-state index contributed by atoms with van der Waals surface area (Å²) in [5.41, 5.74) is 1.82. The van der Waals surface area contributed by atoms with Gasteiger partial charge < -0.3 is 5.32 Å². The minimum absolute atomic E-state index is 0.0287. The molecular weight excluding hydrogens is 350 g/mol. The van der Waals surface area contributed by atoms with Crippen LogP contribution in [0.3, 0.4) is 0 Å². The number of nitrogens with one attached hydrogen (secondary N) is 1. The normalized spacial score (nSPS) is 11.0. The molecule has 2 heterocycles. The minimum Gasteiger partial charge on any atom is -0.326 e. The molecule has 1 aromatic carbocycles. The van der Waals surface area contributed by atoms with Crippen molar-refractivity contribution in [3.05, 3.63) is 45.2 Å². The third-order valence-corrected chi connectivity index (χ3v) is 4.94. The Morgan fingerprint density at radius 1 is 1.38 bits per heavy atom. The van der Waals surface area contributed by atoms with Crippen molar-refractivity contribution >= 4 is 49.8 Å². The Kier molecular flexibility index (Phi) is 4.07. The van der Waals surface area contributed by atoms with Crippen molar-refractivity contribution in [2.45, 2.75) is 12.8 Å². The van der Waals surface area contributed by atoms with Crippen LogP contribution in [-0.2, 0) is 18.3 Å². The fraction of sp³-hybridized carbons (Fsp3) is 0.200. The largest absolute Gasteiger partial charge is 0.326 e. The van der Waals surface area contributed by atoms with Crippen molar-refractivity contribution in [1.29, 1.82) is 0 Å². The van der Waals surface area contributed by atoms with Crippen LogP contribution in [0, 0.1) is 0 Å². The summed E-state index contributed by atoms with van der Waals surface area (Å²) in [7, 11) is 1.89. The van der Waals surface area contributed by atoms with Gasteiger partial charge in [-0.1, -0.05) is 0 Å². The maximum atomic E-state index is 12.0. The molecule has 108 valence electrons. The molecule has 0 aliphatic rings. The van der Waals surface area contributed by atoms with Gasteiger partial charge in [0.05, 0.1) is 15.5 Å². The number of rotatable bonds is 4. The third kappa shape index (κ3) is 3.33. The number of thiophene rings is 1. The van der Waals surface area contributed by atoms with Crippen LogP contribution in [-0.4, -0.2) is 15.7 Å². The van der Waals surface area contributed by atoms with Crippen LogP contribution in [0.4, 0.5) is 5.69 Å². The minimum atomic E-state index is 0.0287. The van der Waals surface area contributed by atoms with E-state index in [2.05, 4.69) is 26.3 Å². The van der Waals surface area contributed by atoms with Crippen molar-refractivity contribution in [2.75, 3.05) is 5.32 Å². The van der Waals surface area contributed by atoms with E-state index in [0.29, 0.717) is 6.42 Å². The molecule has 0 radical (unpaired) electrons. The molecular formula is C15H14BrN3OS.